The molecule has 0 bridgehead atoms. The molecule has 0 heterocycles. The van der Waals surface area contributed by atoms with Gasteiger partial charge in [-0.15, -0.1) is 0 Å². The van der Waals surface area contributed by atoms with Crippen LogP contribution in [0.25, 0.3) is 0 Å². The molecule has 0 unspecified atom stereocenters. The number of aromatic carboxylic acids is 1. The summed E-state index contributed by atoms with van der Waals surface area (Å²) in [6, 6.07) is 9.17. The molecule has 2 rings (SSSR count). The van der Waals surface area contributed by atoms with Crippen molar-refractivity contribution in [1.82, 2.24) is 0 Å². The van der Waals surface area contributed by atoms with Gasteiger partial charge in [-0.25, -0.2) is 4.79 Å². The van der Waals surface area contributed by atoms with Gasteiger partial charge in [-0.1, -0.05) is 28.1 Å². The third kappa shape index (κ3) is 3.22. The zero-order valence-corrected chi connectivity index (χ0v) is 12.6. The van der Waals surface area contributed by atoms with E-state index < -0.39 is 11.9 Å². The number of aryl methyl sites for hydroxylation is 1. The third-order valence-electron chi connectivity index (χ3n) is 2.95. The smallest absolute Gasteiger partial charge is 0.337 e. The maximum absolute atomic E-state index is 12.2. The van der Waals surface area contributed by atoms with Crippen LogP contribution in [0.2, 0.25) is 0 Å². The Balaban J connectivity index is 2.38. The standard InChI is InChI=1S/C15H12BrNO4/c1-8-3-2-4-11(15(20)21)13(8)17-14(19)10-6-5-9(16)7-12(10)18/h2-7,18H,1H3,(H,17,19)(H,20,21). The zero-order chi connectivity index (χ0) is 15.6. The number of hydrogen-bond acceptors (Lipinski definition) is 3. The van der Waals surface area contributed by atoms with Gasteiger partial charge in [0.2, 0.25) is 0 Å². The Hall–Kier alpha value is -2.34. The second-order valence-corrected chi connectivity index (χ2v) is 5.33. The number of halogens is 1. The summed E-state index contributed by atoms with van der Waals surface area (Å²) in [6.07, 6.45) is 0. The van der Waals surface area contributed by atoms with E-state index in [9.17, 15) is 14.7 Å². The molecule has 3 N–H and O–H groups in total. The van der Waals surface area contributed by atoms with Crippen LogP contribution in [-0.4, -0.2) is 22.1 Å². The number of rotatable bonds is 3. The molecule has 2 aromatic carbocycles. The van der Waals surface area contributed by atoms with Crippen LogP contribution in [0.15, 0.2) is 40.9 Å². The summed E-state index contributed by atoms with van der Waals surface area (Å²) >= 11 is 3.19. The maximum atomic E-state index is 12.2. The van der Waals surface area contributed by atoms with E-state index in [4.69, 9.17) is 5.11 Å². The van der Waals surface area contributed by atoms with Crippen molar-refractivity contribution in [1.29, 1.82) is 0 Å². The first kappa shape index (κ1) is 15.1. The molecule has 0 aliphatic heterocycles. The van der Waals surface area contributed by atoms with Gasteiger partial charge in [0.15, 0.2) is 0 Å². The predicted octanol–water partition coefficient (Wildman–Crippen LogP) is 3.41. The monoisotopic (exact) mass is 349 g/mol. The van der Waals surface area contributed by atoms with E-state index in [1.165, 1.54) is 18.2 Å². The maximum Gasteiger partial charge on any atom is 0.337 e. The van der Waals surface area contributed by atoms with Crippen LogP contribution in [0.4, 0.5) is 5.69 Å². The number of para-hydroxylation sites is 1. The molecule has 108 valence electrons. The number of amides is 1. The highest BCUT2D eigenvalue weighted by Gasteiger charge is 2.17. The van der Waals surface area contributed by atoms with Crippen molar-refractivity contribution < 1.29 is 19.8 Å². The van der Waals surface area contributed by atoms with E-state index >= 15 is 0 Å². The number of hydrogen-bond donors (Lipinski definition) is 3. The normalized spacial score (nSPS) is 10.2. The molecule has 0 spiro atoms. The van der Waals surface area contributed by atoms with Crippen LogP contribution in [0.3, 0.4) is 0 Å². The molecule has 6 heteroatoms. The lowest BCUT2D eigenvalue weighted by Gasteiger charge is -2.12. The van der Waals surface area contributed by atoms with Gasteiger partial charge in [0, 0.05) is 4.47 Å². The minimum atomic E-state index is -1.13. The summed E-state index contributed by atoms with van der Waals surface area (Å²) in [7, 11) is 0. The Labute approximate surface area is 129 Å². The fourth-order valence-corrected chi connectivity index (χ4v) is 2.24. The molecular formula is C15H12BrNO4. The molecule has 0 atom stereocenters. The number of carboxylic acids is 1. The Morgan fingerprint density at radius 3 is 2.48 bits per heavy atom. The van der Waals surface area contributed by atoms with E-state index in [0.717, 1.165) is 0 Å². The van der Waals surface area contributed by atoms with Crippen molar-refractivity contribution in [3.05, 3.63) is 57.6 Å². The molecule has 0 fully saturated rings. The predicted molar refractivity (Wildman–Crippen MR) is 81.9 cm³/mol. The Morgan fingerprint density at radius 2 is 1.86 bits per heavy atom. The lowest BCUT2D eigenvalue weighted by atomic mass is 10.1. The van der Waals surface area contributed by atoms with Gasteiger partial charge in [0.05, 0.1) is 16.8 Å². The van der Waals surface area contributed by atoms with Crippen molar-refractivity contribution in [2.45, 2.75) is 6.92 Å². The summed E-state index contributed by atoms with van der Waals surface area (Å²) in [5, 5.41) is 21.5. The van der Waals surface area contributed by atoms with Crippen molar-refractivity contribution in [3.8, 4) is 5.75 Å². The number of carbonyl (C=O) groups excluding carboxylic acids is 1. The van der Waals surface area contributed by atoms with Crippen LogP contribution < -0.4 is 5.32 Å². The van der Waals surface area contributed by atoms with E-state index in [1.54, 1.807) is 25.1 Å². The van der Waals surface area contributed by atoms with E-state index in [2.05, 4.69) is 21.2 Å². The molecule has 0 radical (unpaired) electrons. The highest BCUT2D eigenvalue weighted by Crippen LogP contribution is 2.25. The number of phenols is 1. The molecular weight excluding hydrogens is 338 g/mol. The fraction of sp³-hybridized carbons (Fsp3) is 0.0667. The second-order valence-electron chi connectivity index (χ2n) is 4.42. The van der Waals surface area contributed by atoms with Crippen LogP contribution in [0.1, 0.15) is 26.3 Å². The molecule has 5 nitrogen and oxygen atoms in total. The van der Waals surface area contributed by atoms with Crippen molar-refractivity contribution in [2.75, 3.05) is 5.32 Å². The quantitative estimate of drug-likeness (QED) is 0.792. The van der Waals surface area contributed by atoms with Gasteiger partial charge in [0.1, 0.15) is 5.75 Å². The Bertz CT molecular complexity index is 728. The van der Waals surface area contributed by atoms with E-state index in [-0.39, 0.29) is 22.6 Å². The molecule has 21 heavy (non-hydrogen) atoms. The molecule has 0 saturated carbocycles. The van der Waals surface area contributed by atoms with Crippen LogP contribution in [0.5, 0.6) is 5.75 Å². The van der Waals surface area contributed by atoms with Gasteiger partial charge in [-0.05, 0) is 36.8 Å². The summed E-state index contributed by atoms with van der Waals surface area (Å²) in [6.45, 7) is 1.70. The number of carbonyl (C=O) groups is 2. The Kier molecular flexibility index (Phi) is 4.28. The van der Waals surface area contributed by atoms with Crippen LogP contribution in [-0.2, 0) is 0 Å². The lowest BCUT2D eigenvalue weighted by Crippen LogP contribution is -2.16. The first-order chi connectivity index (χ1) is 9.90. The SMILES string of the molecule is Cc1cccc(C(=O)O)c1NC(=O)c1ccc(Br)cc1O. The molecule has 2 aromatic rings. The molecule has 0 aliphatic rings. The number of aromatic hydroxyl groups is 1. The summed E-state index contributed by atoms with van der Waals surface area (Å²) in [5.74, 6) is -1.89. The highest BCUT2D eigenvalue weighted by atomic mass is 79.9. The number of carboxylic acid groups (broad SMARTS) is 1. The summed E-state index contributed by atoms with van der Waals surface area (Å²) < 4.78 is 0.638. The lowest BCUT2D eigenvalue weighted by molar-refractivity contribution is 0.0698. The first-order valence-electron chi connectivity index (χ1n) is 6.03. The van der Waals surface area contributed by atoms with Gasteiger partial charge >= 0.3 is 5.97 Å². The van der Waals surface area contributed by atoms with Crippen LogP contribution >= 0.6 is 15.9 Å². The molecule has 1 amide bonds. The fourth-order valence-electron chi connectivity index (χ4n) is 1.89. The van der Waals surface area contributed by atoms with Gasteiger partial charge in [-0.2, -0.15) is 0 Å². The van der Waals surface area contributed by atoms with Crippen molar-refractivity contribution in [2.24, 2.45) is 0 Å². The second kappa shape index (κ2) is 5.97. The average molecular weight is 350 g/mol. The van der Waals surface area contributed by atoms with Crippen LogP contribution in [0, 0.1) is 6.92 Å². The molecule has 0 saturated heterocycles. The van der Waals surface area contributed by atoms with Gasteiger partial charge in [-0.3, -0.25) is 4.79 Å². The largest absolute Gasteiger partial charge is 0.507 e. The number of benzene rings is 2. The third-order valence-corrected chi connectivity index (χ3v) is 3.44. The number of nitrogens with one attached hydrogen (secondary N) is 1. The average Bonchev–Trinajstić information content (AvgIpc) is 2.40. The molecule has 0 aromatic heterocycles. The summed E-state index contributed by atoms with van der Waals surface area (Å²) in [4.78, 5) is 23.4. The van der Waals surface area contributed by atoms with Gasteiger partial charge < -0.3 is 15.5 Å². The van der Waals surface area contributed by atoms with Gasteiger partial charge in [0.25, 0.3) is 5.91 Å². The summed E-state index contributed by atoms with van der Waals surface area (Å²) in [5.41, 5.74) is 0.912. The van der Waals surface area contributed by atoms with E-state index in [0.29, 0.717) is 10.0 Å². The topological polar surface area (TPSA) is 86.6 Å². The number of anilines is 1. The number of phenolic OH excluding ortho intramolecular Hbond substituents is 1. The van der Waals surface area contributed by atoms with E-state index in [1.807, 2.05) is 0 Å². The minimum Gasteiger partial charge on any atom is -0.507 e. The molecule has 0 aliphatic carbocycles. The van der Waals surface area contributed by atoms with Crippen molar-refractivity contribution >= 4 is 33.5 Å². The Morgan fingerprint density at radius 1 is 1.14 bits per heavy atom. The zero-order valence-electron chi connectivity index (χ0n) is 11.1. The minimum absolute atomic E-state index is 0.0000449. The van der Waals surface area contributed by atoms with Crippen molar-refractivity contribution in [3.63, 3.8) is 0 Å². The first-order valence-corrected chi connectivity index (χ1v) is 6.82. The highest BCUT2D eigenvalue weighted by molar-refractivity contribution is 9.10.